The van der Waals surface area contributed by atoms with Crippen LogP contribution in [0.25, 0.3) is 0 Å². The van der Waals surface area contributed by atoms with Crippen molar-refractivity contribution in [3.05, 3.63) is 29.8 Å². The highest BCUT2D eigenvalue weighted by Crippen LogP contribution is 2.33. The zero-order valence-corrected chi connectivity index (χ0v) is 18.8. The Kier molecular flexibility index (Phi) is 9.75. The molecular weight excluding hydrogens is 316 g/mol. The van der Waals surface area contributed by atoms with E-state index in [1.807, 2.05) is 0 Å². The van der Waals surface area contributed by atoms with Gasteiger partial charge in [0.05, 0.1) is 6.61 Å². The van der Waals surface area contributed by atoms with Gasteiger partial charge >= 0.3 is 0 Å². The molecule has 0 fully saturated rings. The molecule has 0 amide bonds. The summed E-state index contributed by atoms with van der Waals surface area (Å²) < 4.78 is 6.27. The van der Waals surface area contributed by atoms with Crippen LogP contribution in [0.5, 0.6) is 5.75 Å². The maximum absolute atomic E-state index is 6.27. The first-order valence-corrected chi connectivity index (χ1v) is 10.8. The summed E-state index contributed by atoms with van der Waals surface area (Å²) in [5.41, 5.74) is 1.61. The third-order valence-electron chi connectivity index (χ3n) is 5.82. The highest BCUT2D eigenvalue weighted by atomic mass is 16.5. The van der Waals surface area contributed by atoms with Gasteiger partial charge in [0.2, 0.25) is 0 Å². The van der Waals surface area contributed by atoms with Crippen molar-refractivity contribution >= 4 is 0 Å². The molecule has 0 radical (unpaired) electrons. The van der Waals surface area contributed by atoms with Crippen molar-refractivity contribution in [3.8, 4) is 5.75 Å². The van der Waals surface area contributed by atoms with Gasteiger partial charge in [0.1, 0.15) is 5.75 Å². The van der Waals surface area contributed by atoms with Crippen molar-refractivity contribution in [2.24, 2.45) is 29.1 Å². The molecule has 0 aliphatic heterocycles. The lowest BCUT2D eigenvalue weighted by Gasteiger charge is -2.31. The van der Waals surface area contributed by atoms with E-state index in [-0.39, 0.29) is 0 Å². The Morgan fingerprint density at radius 1 is 0.962 bits per heavy atom. The van der Waals surface area contributed by atoms with Crippen LogP contribution in [0.15, 0.2) is 24.3 Å². The lowest BCUT2D eigenvalue weighted by Crippen LogP contribution is -2.25. The van der Waals surface area contributed by atoms with Gasteiger partial charge in [-0.1, -0.05) is 79.5 Å². The number of ether oxygens (including phenoxy) is 1. The molecule has 1 aromatic carbocycles. The van der Waals surface area contributed by atoms with Crippen LogP contribution in [-0.2, 0) is 0 Å². The lowest BCUT2D eigenvalue weighted by molar-refractivity contribution is 0.149. The van der Waals surface area contributed by atoms with E-state index in [9.17, 15) is 0 Å². The maximum atomic E-state index is 6.27. The highest BCUT2D eigenvalue weighted by Gasteiger charge is 2.24. The molecule has 1 heteroatoms. The normalized spacial score (nSPS) is 16.8. The van der Waals surface area contributed by atoms with Crippen LogP contribution in [0, 0.1) is 36.0 Å². The molecular formula is C25H44O. The second-order valence-electron chi connectivity index (χ2n) is 10.0. The zero-order chi connectivity index (χ0) is 19.7. The number of rotatable bonds is 11. The van der Waals surface area contributed by atoms with Gasteiger partial charge in [-0.15, -0.1) is 0 Å². The summed E-state index contributed by atoms with van der Waals surface area (Å²) in [6.07, 6.45) is 6.51. The van der Waals surface area contributed by atoms with E-state index in [1.54, 1.807) is 0 Å². The monoisotopic (exact) mass is 360 g/mol. The van der Waals surface area contributed by atoms with Gasteiger partial charge in [-0.25, -0.2) is 0 Å². The number of hydrogen-bond donors (Lipinski definition) is 0. The smallest absolute Gasteiger partial charge is 0.122 e. The standard InChI is InChI=1S/C25H44O/c1-9-19(2)16-20(3)14-15-23(22(5)17-25(6,7)8)18-26-24-13-11-10-12-21(24)4/h10-13,19-20,22-23H,9,14-18H2,1-8H3. The van der Waals surface area contributed by atoms with Gasteiger partial charge in [0.15, 0.2) is 0 Å². The molecule has 0 N–H and O–H groups in total. The summed E-state index contributed by atoms with van der Waals surface area (Å²) in [6, 6.07) is 8.39. The van der Waals surface area contributed by atoms with E-state index in [4.69, 9.17) is 4.74 Å². The molecule has 150 valence electrons. The largest absolute Gasteiger partial charge is 0.493 e. The molecule has 1 rings (SSSR count). The van der Waals surface area contributed by atoms with Crippen LogP contribution >= 0.6 is 0 Å². The first kappa shape index (κ1) is 23.1. The Morgan fingerprint density at radius 3 is 2.19 bits per heavy atom. The van der Waals surface area contributed by atoms with Crippen LogP contribution in [0.4, 0.5) is 0 Å². The van der Waals surface area contributed by atoms with Crippen LogP contribution in [0.1, 0.15) is 86.1 Å². The first-order chi connectivity index (χ1) is 12.1. The van der Waals surface area contributed by atoms with Gasteiger partial charge in [-0.05, 0) is 66.9 Å². The predicted octanol–water partition coefficient (Wildman–Crippen LogP) is 7.91. The Bertz CT molecular complexity index is 499. The van der Waals surface area contributed by atoms with E-state index in [0.717, 1.165) is 24.2 Å². The topological polar surface area (TPSA) is 9.23 Å². The van der Waals surface area contributed by atoms with Gasteiger partial charge in [0.25, 0.3) is 0 Å². The molecule has 0 aromatic heterocycles. The summed E-state index contributed by atoms with van der Waals surface area (Å²) in [5.74, 6) is 4.03. The van der Waals surface area contributed by atoms with E-state index in [0.29, 0.717) is 17.3 Å². The van der Waals surface area contributed by atoms with Crippen molar-refractivity contribution in [1.29, 1.82) is 0 Å². The second kappa shape index (κ2) is 11.0. The van der Waals surface area contributed by atoms with Crippen molar-refractivity contribution in [3.63, 3.8) is 0 Å². The number of aryl methyl sites for hydroxylation is 1. The number of para-hydroxylation sites is 1. The molecule has 0 saturated heterocycles. The van der Waals surface area contributed by atoms with Gasteiger partial charge in [-0.2, -0.15) is 0 Å². The Hall–Kier alpha value is -0.980. The predicted molar refractivity (Wildman–Crippen MR) is 116 cm³/mol. The molecule has 0 saturated carbocycles. The quantitative estimate of drug-likeness (QED) is 0.389. The van der Waals surface area contributed by atoms with Crippen molar-refractivity contribution in [2.45, 2.75) is 87.5 Å². The van der Waals surface area contributed by atoms with Crippen molar-refractivity contribution < 1.29 is 4.74 Å². The Morgan fingerprint density at radius 2 is 1.62 bits per heavy atom. The average Bonchev–Trinajstić information content (AvgIpc) is 2.54. The van der Waals surface area contributed by atoms with Gasteiger partial charge in [-0.3, -0.25) is 0 Å². The molecule has 0 bridgehead atoms. The second-order valence-corrected chi connectivity index (χ2v) is 10.0. The van der Waals surface area contributed by atoms with Crippen LogP contribution in [0.3, 0.4) is 0 Å². The Labute approximate surface area is 163 Å². The number of benzene rings is 1. The van der Waals surface area contributed by atoms with Crippen molar-refractivity contribution in [1.82, 2.24) is 0 Å². The fourth-order valence-corrected chi connectivity index (χ4v) is 4.05. The third kappa shape index (κ3) is 9.10. The minimum atomic E-state index is 0.378. The molecule has 0 aliphatic rings. The molecule has 0 aliphatic carbocycles. The summed E-state index contributed by atoms with van der Waals surface area (Å²) >= 11 is 0. The van der Waals surface area contributed by atoms with E-state index < -0.39 is 0 Å². The molecule has 1 nitrogen and oxygen atoms in total. The summed E-state index contributed by atoms with van der Waals surface area (Å²) in [7, 11) is 0. The van der Waals surface area contributed by atoms with Crippen molar-refractivity contribution in [2.75, 3.05) is 6.61 Å². The van der Waals surface area contributed by atoms with E-state index in [2.05, 4.69) is 79.7 Å². The SMILES string of the molecule is CCC(C)CC(C)CCC(COc1ccccc1C)C(C)CC(C)(C)C. The van der Waals surface area contributed by atoms with Gasteiger partial charge < -0.3 is 4.74 Å². The highest BCUT2D eigenvalue weighted by molar-refractivity contribution is 5.31. The third-order valence-corrected chi connectivity index (χ3v) is 5.82. The summed E-state index contributed by atoms with van der Waals surface area (Å²) in [4.78, 5) is 0. The Balaban J connectivity index is 2.67. The average molecular weight is 361 g/mol. The van der Waals surface area contributed by atoms with Crippen LogP contribution in [-0.4, -0.2) is 6.61 Å². The number of hydrogen-bond acceptors (Lipinski definition) is 1. The minimum Gasteiger partial charge on any atom is -0.493 e. The maximum Gasteiger partial charge on any atom is 0.122 e. The molecule has 26 heavy (non-hydrogen) atoms. The van der Waals surface area contributed by atoms with E-state index >= 15 is 0 Å². The molecule has 0 spiro atoms. The molecule has 4 unspecified atom stereocenters. The fraction of sp³-hybridized carbons (Fsp3) is 0.760. The van der Waals surface area contributed by atoms with Crippen LogP contribution in [0.2, 0.25) is 0 Å². The minimum absolute atomic E-state index is 0.378. The summed E-state index contributed by atoms with van der Waals surface area (Å²) in [5, 5.41) is 0. The van der Waals surface area contributed by atoms with E-state index in [1.165, 1.54) is 37.7 Å². The zero-order valence-electron chi connectivity index (χ0n) is 18.8. The first-order valence-electron chi connectivity index (χ1n) is 10.8. The molecule has 1 aromatic rings. The van der Waals surface area contributed by atoms with Crippen LogP contribution < -0.4 is 4.74 Å². The summed E-state index contributed by atoms with van der Waals surface area (Å²) in [6.45, 7) is 19.6. The van der Waals surface area contributed by atoms with Gasteiger partial charge in [0, 0.05) is 0 Å². The lowest BCUT2D eigenvalue weighted by atomic mass is 9.77. The molecule has 0 heterocycles. The fourth-order valence-electron chi connectivity index (χ4n) is 4.05. The molecule has 4 atom stereocenters.